The van der Waals surface area contributed by atoms with Gasteiger partial charge in [0.25, 0.3) is 5.91 Å². The first-order valence-corrected chi connectivity index (χ1v) is 9.75. The molecule has 0 bridgehead atoms. The molecule has 0 saturated heterocycles. The van der Waals surface area contributed by atoms with Crippen LogP contribution < -0.4 is 4.80 Å². The van der Waals surface area contributed by atoms with Crippen LogP contribution in [-0.2, 0) is 6.54 Å². The Morgan fingerprint density at radius 2 is 1.96 bits per heavy atom. The number of rotatable bonds is 3. The number of carbonyl (C=O) groups is 1. The third-order valence-electron chi connectivity index (χ3n) is 4.17. The van der Waals surface area contributed by atoms with Crippen LogP contribution in [0.25, 0.3) is 21.0 Å². The van der Waals surface area contributed by atoms with E-state index >= 15 is 0 Å². The maximum Gasteiger partial charge on any atom is 0.280 e. The van der Waals surface area contributed by atoms with E-state index in [9.17, 15) is 4.79 Å². The third kappa shape index (κ3) is 3.04. The number of nitrogens with zero attached hydrogens (tertiary/aromatic N) is 2. The number of aromatic nitrogens is 1. The molecule has 0 spiro atoms. The Labute approximate surface area is 163 Å². The molecule has 0 aliphatic carbocycles. The molecule has 0 aliphatic heterocycles. The van der Waals surface area contributed by atoms with Crippen molar-refractivity contribution < 1.29 is 4.79 Å². The molecule has 0 N–H and O–H groups in total. The number of hydrogen-bond acceptors (Lipinski definition) is 2. The fourth-order valence-electron chi connectivity index (χ4n) is 3.00. The molecule has 5 heteroatoms. The SMILES string of the molecule is C=CCn1c(=NC(=O)c2cccc3ccccc23)sc2cc(Br)ccc21. The summed E-state index contributed by atoms with van der Waals surface area (Å²) in [7, 11) is 0. The van der Waals surface area contributed by atoms with Crippen molar-refractivity contribution in [2.24, 2.45) is 4.99 Å². The van der Waals surface area contributed by atoms with Crippen LogP contribution in [0.1, 0.15) is 10.4 Å². The minimum atomic E-state index is -0.231. The van der Waals surface area contributed by atoms with E-state index in [1.165, 1.54) is 11.3 Å². The van der Waals surface area contributed by atoms with Crippen LogP contribution in [0.3, 0.4) is 0 Å². The molecule has 128 valence electrons. The van der Waals surface area contributed by atoms with Gasteiger partial charge in [0.2, 0.25) is 0 Å². The standard InChI is InChI=1S/C21H15BrN2OS/c1-2-12-24-18-11-10-15(22)13-19(18)26-21(24)23-20(25)17-9-5-7-14-6-3-4-8-16(14)17/h2-11,13H,1,12H2. The molecule has 0 saturated carbocycles. The molecule has 0 atom stereocenters. The van der Waals surface area contributed by atoms with Crippen LogP contribution in [0.2, 0.25) is 0 Å². The quantitative estimate of drug-likeness (QED) is 0.398. The van der Waals surface area contributed by atoms with Crippen molar-refractivity contribution in [3.05, 3.63) is 88.2 Å². The number of amides is 1. The van der Waals surface area contributed by atoms with Gasteiger partial charge in [-0.05, 0) is 35.0 Å². The Morgan fingerprint density at radius 1 is 1.15 bits per heavy atom. The Hall–Kier alpha value is -2.50. The van der Waals surface area contributed by atoms with Crippen LogP contribution in [-0.4, -0.2) is 10.5 Å². The first-order chi connectivity index (χ1) is 12.7. The summed E-state index contributed by atoms with van der Waals surface area (Å²) in [6, 6.07) is 19.6. The molecular weight excluding hydrogens is 408 g/mol. The van der Waals surface area contributed by atoms with Crippen molar-refractivity contribution in [1.29, 1.82) is 0 Å². The predicted octanol–water partition coefficient (Wildman–Crippen LogP) is 5.55. The first-order valence-electron chi connectivity index (χ1n) is 8.14. The summed E-state index contributed by atoms with van der Waals surface area (Å²) in [5, 5.41) is 1.95. The van der Waals surface area contributed by atoms with Crippen molar-refractivity contribution in [1.82, 2.24) is 4.57 Å². The van der Waals surface area contributed by atoms with E-state index in [2.05, 4.69) is 27.5 Å². The molecule has 0 fully saturated rings. The predicted molar refractivity (Wildman–Crippen MR) is 112 cm³/mol. The Balaban J connectivity index is 1.91. The summed E-state index contributed by atoms with van der Waals surface area (Å²) in [5.74, 6) is -0.231. The summed E-state index contributed by atoms with van der Waals surface area (Å²) in [4.78, 5) is 18.0. The number of allylic oxidation sites excluding steroid dienone is 1. The highest BCUT2D eigenvalue weighted by atomic mass is 79.9. The lowest BCUT2D eigenvalue weighted by molar-refractivity contribution is 0.0999. The van der Waals surface area contributed by atoms with Gasteiger partial charge in [0, 0.05) is 16.6 Å². The second-order valence-electron chi connectivity index (χ2n) is 5.84. The summed E-state index contributed by atoms with van der Waals surface area (Å²) in [6.07, 6.45) is 1.82. The number of fused-ring (bicyclic) bond motifs is 2. The van der Waals surface area contributed by atoms with Crippen molar-refractivity contribution >= 4 is 54.2 Å². The molecule has 1 aromatic heterocycles. The Bertz CT molecular complexity index is 1210. The lowest BCUT2D eigenvalue weighted by Gasteiger charge is -2.03. The van der Waals surface area contributed by atoms with Gasteiger partial charge in [0.15, 0.2) is 4.80 Å². The van der Waals surface area contributed by atoms with Gasteiger partial charge in [0.05, 0.1) is 10.2 Å². The fraction of sp³-hybridized carbons (Fsp3) is 0.0476. The van der Waals surface area contributed by atoms with Crippen molar-refractivity contribution in [3.8, 4) is 0 Å². The highest BCUT2D eigenvalue weighted by Gasteiger charge is 2.11. The van der Waals surface area contributed by atoms with Crippen molar-refractivity contribution in [2.45, 2.75) is 6.54 Å². The normalized spacial score (nSPS) is 12.0. The lowest BCUT2D eigenvalue weighted by Crippen LogP contribution is -2.16. The zero-order valence-corrected chi connectivity index (χ0v) is 16.3. The molecule has 4 aromatic rings. The maximum absolute atomic E-state index is 12.9. The van der Waals surface area contributed by atoms with Gasteiger partial charge >= 0.3 is 0 Å². The van der Waals surface area contributed by atoms with Crippen molar-refractivity contribution in [3.63, 3.8) is 0 Å². The monoisotopic (exact) mass is 422 g/mol. The van der Waals surface area contributed by atoms with E-state index in [0.717, 1.165) is 25.5 Å². The molecular formula is C21H15BrN2OS. The highest BCUT2D eigenvalue weighted by Crippen LogP contribution is 2.23. The fourth-order valence-corrected chi connectivity index (χ4v) is 4.59. The summed E-state index contributed by atoms with van der Waals surface area (Å²) in [6.45, 7) is 4.43. The van der Waals surface area contributed by atoms with Gasteiger partial charge < -0.3 is 4.57 Å². The maximum atomic E-state index is 12.9. The van der Waals surface area contributed by atoms with Gasteiger partial charge in [-0.2, -0.15) is 4.99 Å². The Morgan fingerprint density at radius 3 is 2.81 bits per heavy atom. The summed E-state index contributed by atoms with van der Waals surface area (Å²) in [5.41, 5.74) is 1.66. The van der Waals surface area contributed by atoms with Crippen LogP contribution in [0.5, 0.6) is 0 Å². The summed E-state index contributed by atoms with van der Waals surface area (Å²) < 4.78 is 4.09. The number of carbonyl (C=O) groups excluding carboxylic acids is 1. The molecule has 26 heavy (non-hydrogen) atoms. The van der Waals surface area contributed by atoms with E-state index in [-0.39, 0.29) is 5.91 Å². The molecule has 4 rings (SSSR count). The zero-order valence-electron chi connectivity index (χ0n) is 13.9. The van der Waals surface area contributed by atoms with Crippen molar-refractivity contribution in [2.75, 3.05) is 0 Å². The first kappa shape index (κ1) is 16.9. The average molecular weight is 423 g/mol. The van der Waals surface area contributed by atoms with Gasteiger partial charge in [-0.3, -0.25) is 4.79 Å². The number of halogens is 1. The molecule has 0 aliphatic rings. The van der Waals surface area contributed by atoms with E-state index < -0.39 is 0 Å². The smallest absolute Gasteiger partial charge is 0.280 e. The number of thiazole rings is 1. The van der Waals surface area contributed by atoms with E-state index in [4.69, 9.17) is 0 Å². The second-order valence-corrected chi connectivity index (χ2v) is 7.76. The van der Waals surface area contributed by atoms with Crippen LogP contribution in [0.4, 0.5) is 0 Å². The topological polar surface area (TPSA) is 34.4 Å². The zero-order chi connectivity index (χ0) is 18.1. The highest BCUT2D eigenvalue weighted by molar-refractivity contribution is 9.10. The third-order valence-corrected chi connectivity index (χ3v) is 5.71. The van der Waals surface area contributed by atoms with Crippen LogP contribution in [0, 0.1) is 0 Å². The van der Waals surface area contributed by atoms with Crippen LogP contribution >= 0.6 is 27.3 Å². The molecule has 0 radical (unpaired) electrons. The van der Waals surface area contributed by atoms with Gasteiger partial charge in [0.1, 0.15) is 0 Å². The average Bonchev–Trinajstić information content (AvgIpc) is 2.97. The van der Waals surface area contributed by atoms with Gasteiger partial charge in [-0.15, -0.1) is 6.58 Å². The molecule has 0 unspecified atom stereocenters. The molecule has 3 nitrogen and oxygen atoms in total. The van der Waals surface area contributed by atoms with E-state index in [0.29, 0.717) is 16.9 Å². The second kappa shape index (κ2) is 7.02. The number of benzene rings is 3. The summed E-state index contributed by atoms with van der Waals surface area (Å²) >= 11 is 5.00. The minimum Gasteiger partial charge on any atom is -0.312 e. The van der Waals surface area contributed by atoms with Gasteiger partial charge in [-0.1, -0.05) is 69.7 Å². The molecule has 3 aromatic carbocycles. The molecule has 1 amide bonds. The minimum absolute atomic E-state index is 0.231. The van der Waals surface area contributed by atoms with E-state index in [1.54, 1.807) is 0 Å². The largest absolute Gasteiger partial charge is 0.312 e. The number of hydrogen-bond donors (Lipinski definition) is 0. The molecule has 1 heterocycles. The lowest BCUT2D eigenvalue weighted by atomic mass is 10.0. The van der Waals surface area contributed by atoms with Crippen LogP contribution in [0.15, 0.2) is 82.8 Å². The Kier molecular flexibility index (Phi) is 4.57. The van der Waals surface area contributed by atoms with Gasteiger partial charge in [-0.25, -0.2) is 0 Å². The van der Waals surface area contributed by atoms with E-state index in [1.807, 2.05) is 71.3 Å².